The van der Waals surface area contributed by atoms with Gasteiger partial charge in [0.15, 0.2) is 5.84 Å². The van der Waals surface area contributed by atoms with Gasteiger partial charge in [-0.15, -0.1) is 0 Å². The molecule has 0 fully saturated rings. The summed E-state index contributed by atoms with van der Waals surface area (Å²) in [6.45, 7) is 1.37. The van der Waals surface area contributed by atoms with Crippen molar-refractivity contribution in [3.05, 3.63) is 33.8 Å². The van der Waals surface area contributed by atoms with Gasteiger partial charge in [0, 0.05) is 4.47 Å². The zero-order chi connectivity index (χ0) is 15.5. The Hall–Kier alpha value is -1.77. The van der Waals surface area contributed by atoms with Crippen molar-refractivity contribution in [2.24, 2.45) is 10.9 Å². The lowest BCUT2D eigenvalue weighted by Gasteiger charge is -2.16. The molecule has 1 unspecified atom stereocenters. The number of rotatable bonds is 3. The molecule has 1 atom stereocenters. The van der Waals surface area contributed by atoms with Gasteiger partial charge in [-0.05, 0) is 25.1 Å². The molecular formula is C11H11BrF3N3O2. The van der Waals surface area contributed by atoms with E-state index < -0.39 is 29.3 Å². The Labute approximate surface area is 120 Å². The largest absolute Gasteiger partial charge is 0.417 e. The third-order valence-corrected chi connectivity index (χ3v) is 2.93. The molecule has 0 saturated heterocycles. The first-order valence-corrected chi connectivity index (χ1v) is 6.11. The van der Waals surface area contributed by atoms with Gasteiger partial charge in [0.25, 0.3) is 5.91 Å². The highest BCUT2D eigenvalue weighted by atomic mass is 79.9. The number of hydrogen-bond acceptors (Lipinski definition) is 3. The van der Waals surface area contributed by atoms with Crippen LogP contribution in [0.25, 0.3) is 0 Å². The molecule has 0 heterocycles. The molecule has 1 aromatic rings. The first-order valence-electron chi connectivity index (χ1n) is 5.32. The number of carbonyl (C=O) groups excluding carboxylic acids is 1. The van der Waals surface area contributed by atoms with Crippen LogP contribution in [0.3, 0.4) is 0 Å². The monoisotopic (exact) mass is 353 g/mol. The maximum atomic E-state index is 12.9. The lowest BCUT2D eigenvalue weighted by Crippen LogP contribution is -2.42. The fourth-order valence-corrected chi connectivity index (χ4v) is 1.75. The molecule has 0 aromatic heterocycles. The predicted octanol–water partition coefficient (Wildman–Crippen LogP) is 2.33. The second-order valence-electron chi connectivity index (χ2n) is 3.91. The Balaban J connectivity index is 3.11. The number of nitrogens with two attached hydrogens (primary N) is 1. The van der Waals surface area contributed by atoms with E-state index in [-0.39, 0.29) is 10.3 Å². The van der Waals surface area contributed by atoms with Crippen LogP contribution in [0.1, 0.15) is 22.8 Å². The number of amidine groups is 1. The Morgan fingerprint density at radius 2 is 2.10 bits per heavy atom. The molecule has 4 N–H and O–H groups in total. The zero-order valence-corrected chi connectivity index (χ0v) is 11.8. The summed E-state index contributed by atoms with van der Waals surface area (Å²) in [5.74, 6) is -1.28. The standard InChI is InChI=1S/C11H11BrF3N3O2/c1-5(9(16)18-20)17-10(19)7-3-2-6(12)4-8(7)11(13,14)15/h2-5,20H,1H3,(H2,16,18)(H,17,19). The van der Waals surface area contributed by atoms with Crippen molar-refractivity contribution in [1.29, 1.82) is 0 Å². The highest BCUT2D eigenvalue weighted by molar-refractivity contribution is 9.10. The van der Waals surface area contributed by atoms with E-state index in [4.69, 9.17) is 10.9 Å². The van der Waals surface area contributed by atoms with Crippen LogP contribution in [-0.2, 0) is 6.18 Å². The van der Waals surface area contributed by atoms with Gasteiger partial charge in [0.1, 0.15) is 0 Å². The van der Waals surface area contributed by atoms with Crippen LogP contribution in [0.4, 0.5) is 13.2 Å². The van der Waals surface area contributed by atoms with Crippen LogP contribution in [-0.4, -0.2) is 23.0 Å². The molecule has 0 saturated carbocycles. The van der Waals surface area contributed by atoms with E-state index in [9.17, 15) is 18.0 Å². The van der Waals surface area contributed by atoms with Crippen molar-refractivity contribution >= 4 is 27.7 Å². The molecule has 20 heavy (non-hydrogen) atoms. The van der Waals surface area contributed by atoms with Gasteiger partial charge in [0.05, 0.1) is 17.2 Å². The lowest BCUT2D eigenvalue weighted by atomic mass is 10.1. The van der Waals surface area contributed by atoms with E-state index in [0.717, 1.165) is 12.1 Å². The van der Waals surface area contributed by atoms with Gasteiger partial charge in [-0.1, -0.05) is 21.1 Å². The summed E-state index contributed by atoms with van der Waals surface area (Å²) in [6.07, 6.45) is -4.67. The fraction of sp³-hybridized carbons (Fsp3) is 0.273. The minimum atomic E-state index is -4.67. The number of amides is 1. The second-order valence-corrected chi connectivity index (χ2v) is 4.82. The Morgan fingerprint density at radius 3 is 2.60 bits per heavy atom. The van der Waals surface area contributed by atoms with Gasteiger partial charge in [-0.3, -0.25) is 4.79 Å². The van der Waals surface area contributed by atoms with Gasteiger partial charge in [0.2, 0.25) is 0 Å². The molecule has 0 bridgehead atoms. The van der Waals surface area contributed by atoms with Crippen molar-refractivity contribution in [2.75, 3.05) is 0 Å². The Kier molecular flexibility index (Phi) is 4.98. The second kappa shape index (κ2) is 6.12. The Morgan fingerprint density at radius 1 is 1.50 bits per heavy atom. The van der Waals surface area contributed by atoms with Gasteiger partial charge < -0.3 is 16.3 Å². The number of halogens is 4. The van der Waals surface area contributed by atoms with E-state index in [0.29, 0.717) is 0 Å². The molecule has 9 heteroatoms. The topological polar surface area (TPSA) is 87.7 Å². The number of hydrogen-bond donors (Lipinski definition) is 3. The average molecular weight is 354 g/mol. The van der Waals surface area contributed by atoms with Crippen LogP contribution in [0.2, 0.25) is 0 Å². The molecule has 1 amide bonds. The number of carbonyl (C=O) groups is 1. The number of benzene rings is 1. The summed E-state index contributed by atoms with van der Waals surface area (Å²) in [6, 6.07) is 2.26. The van der Waals surface area contributed by atoms with Crippen LogP contribution in [0, 0.1) is 0 Å². The van der Waals surface area contributed by atoms with E-state index >= 15 is 0 Å². The molecular weight excluding hydrogens is 343 g/mol. The summed E-state index contributed by atoms with van der Waals surface area (Å²) in [5, 5.41) is 13.3. The zero-order valence-electron chi connectivity index (χ0n) is 10.2. The summed E-state index contributed by atoms with van der Waals surface area (Å²) in [5.41, 5.74) is 3.63. The molecule has 1 rings (SSSR count). The first-order chi connectivity index (χ1) is 9.16. The molecule has 110 valence electrons. The van der Waals surface area contributed by atoms with E-state index in [1.165, 1.54) is 13.0 Å². The molecule has 0 aliphatic heterocycles. The van der Waals surface area contributed by atoms with Gasteiger partial charge in [-0.25, -0.2) is 0 Å². The highest BCUT2D eigenvalue weighted by Crippen LogP contribution is 2.33. The summed E-state index contributed by atoms with van der Waals surface area (Å²) in [4.78, 5) is 11.8. The number of alkyl halides is 3. The first kappa shape index (κ1) is 16.3. The van der Waals surface area contributed by atoms with E-state index in [1.54, 1.807) is 0 Å². The Bertz CT molecular complexity index is 546. The third-order valence-electron chi connectivity index (χ3n) is 2.44. The quantitative estimate of drug-likeness (QED) is 0.337. The van der Waals surface area contributed by atoms with Gasteiger partial charge in [-0.2, -0.15) is 13.2 Å². The summed E-state index contributed by atoms with van der Waals surface area (Å²) < 4.78 is 38.8. The maximum Gasteiger partial charge on any atom is 0.417 e. The van der Waals surface area contributed by atoms with Crippen LogP contribution in [0.5, 0.6) is 0 Å². The predicted molar refractivity (Wildman–Crippen MR) is 69.5 cm³/mol. The number of nitrogens with one attached hydrogen (secondary N) is 1. The van der Waals surface area contributed by atoms with Crippen molar-refractivity contribution in [3.63, 3.8) is 0 Å². The fourth-order valence-electron chi connectivity index (χ4n) is 1.38. The molecule has 1 aromatic carbocycles. The summed E-state index contributed by atoms with van der Waals surface area (Å²) in [7, 11) is 0. The molecule has 5 nitrogen and oxygen atoms in total. The van der Waals surface area contributed by atoms with Crippen LogP contribution < -0.4 is 11.1 Å². The van der Waals surface area contributed by atoms with E-state index in [2.05, 4.69) is 26.4 Å². The highest BCUT2D eigenvalue weighted by Gasteiger charge is 2.35. The van der Waals surface area contributed by atoms with Crippen LogP contribution >= 0.6 is 15.9 Å². The van der Waals surface area contributed by atoms with Crippen molar-refractivity contribution in [2.45, 2.75) is 19.1 Å². The lowest BCUT2D eigenvalue weighted by molar-refractivity contribution is -0.138. The molecule has 0 aliphatic rings. The molecule has 0 spiro atoms. The summed E-state index contributed by atoms with van der Waals surface area (Å²) >= 11 is 2.92. The van der Waals surface area contributed by atoms with Crippen molar-refractivity contribution in [1.82, 2.24) is 5.32 Å². The van der Waals surface area contributed by atoms with Crippen LogP contribution in [0.15, 0.2) is 27.8 Å². The van der Waals surface area contributed by atoms with Crippen molar-refractivity contribution < 1.29 is 23.2 Å². The third kappa shape index (κ3) is 3.86. The smallest absolute Gasteiger partial charge is 0.409 e. The maximum absolute atomic E-state index is 12.9. The molecule has 0 aliphatic carbocycles. The van der Waals surface area contributed by atoms with Crippen molar-refractivity contribution in [3.8, 4) is 0 Å². The average Bonchev–Trinajstić information content (AvgIpc) is 2.36. The minimum Gasteiger partial charge on any atom is -0.409 e. The minimum absolute atomic E-state index is 0.200. The van der Waals surface area contributed by atoms with Gasteiger partial charge >= 0.3 is 6.18 Å². The normalized spacial score (nSPS) is 13.9. The SMILES string of the molecule is CC(NC(=O)c1ccc(Br)cc1C(F)(F)F)/C(N)=N/O. The van der Waals surface area contributed by atoms with E-state index in [1.807, 2.05) is 0 Å². The number of nitrogens with zero attached hydrogens (tertiary/aromatic N) is 1. The molecule has 0 radical (unpaired) electrons. The number of oxime groups is 1.